The monoisotopic (exact) mass is 1660 g/mol. The van der Waals surface area contributed by atoms with E-state index >= 15 is 0 Å². The van der Waals surface area contributed by atoms with E-state index in [0.717, 1.165) is 6.07 Å². The summed E-state index contributed by atoms with van der Waals surface area (Å²) >= 11 is 0. The maximum atomic E-state index is 12.0. The second-order valence-electron chi connectivity index (χ2n) is 26.9. The molecule has 7 N–H and O–H groups in total. The van der Waals surface area contributed by atoms with Crippen LogP contribution >= 0.6 is 0 Å². The van der Waals surface area contributed by atoms with Crippen LogP contribution in [0.3, 0.4) is 0 Å². The van der Waals surface area contributed by atoms with Crippen molar-refractivity contribution in [3.8, 4) is 34.5 Å². The molecule has 13 rings (SSSR count). The first kappa shape index (κ1) is 84.5. The van der Waals surface area contributed by atoms with Gasteiger partial charge in [0.2, 0.25) is 0 Å². The minimum absolute atomic E-state index is 0.0154. The van der Waals surface area contributed by atoms with Gasteiger partial charge in [-0.25, -0.2) is 33.6 Å². The molecular formula is C92H68N12O20. The van der Waals surface area contributed by atoms with E-state index < -0.39 is 41.8 Å². The fourth-order valence-corrected chi connectivity index (χ4v) is 12.1. The summed E-state index contributed by atoms with van der Waals surface area (Å²) in [6, 6.07) is 71.4. The van der Waals surface area contributed by atoms with E-state index in [1.54, 1.807) is 207 Å². The third kappa shape index (κ3) is 23.5. The van der Waals surface area contributed by atoms with Crippen LogP contribution < -0.4 is 28.4 Å². The summed E-state index contributed by atoms with van der Waals surface area (Å²) in [5.41, 5.74) is 6.54. The number of aromatic carboxylic acids is 7. The summed E-state index contributed by atoms with van der Waals surface area (Å²) in [6.45, 7) is 0.215. The highest BCUT2D eigenvalue weighted by Gasteiger charge is 2.28. The Bertz CT molecular complexity index is 5840. The first-order chi connectivity index (χ1) is 60.0. The third-order valence-electron chi connectivity index (χ3n) is 18.3. The average molecular weight is 1660 g/mol. The van der Waals surface area contributed by atoms with Gasteiger partial charge >= 0.3 is 41.8 Å². The molecule has 13 aromatic carbocycles. The van der Waals surface area contributed by atoms with Gasteiger partial charge in [-0.3, -0.25) is 0 Å². The normalized spacial score (nSPS) is 11.4. The minimum atomic E-state index is -1.38. The van der Waals surface area contributed by atoms with Gasteiger partial charge in [0.25, 0.3) is 0 Å². The molecule has 0 aliphatic heterocycles. The highest BCUT2D eigenvalue weighted by atomic mass is 16.5. The van der Waals surface area contributed by atoms with Crippen molar-refractivity contribution >= 4 is 110 Å². The van der Waals surface area contributed by atoms with Gasteiger partial charge in [0.1, 0.15) is 74.1 Å². The van der Waals surface area contributed by atoms with Crippen molar-refractivity contribution < 1.29 is 97.7 Å². The van der Waals surface area contributed by atoms with Crippen LogP contribution in [0.2, 0.25) is 0 Å². The largest absolute Gasteiger partial charge is 0.489 e. The lowest BCUT2D eigenvalue weighted by Gasteiger charge is -2.27. The van der Waals surface area contributed by atoms with Gasteiger partial charge in [-0.1, -0.05) is 24.3 Å². The molecule has 0 aliphatic carbocycles. The molecule has 32 heteroatoms. The van der Waals surface area contributed by atoms with E-state index in [4.69, 9.17) is 28.4 Å². The van der Waals surface area contributed by atoms with Crippen LogP contribution in [0.15, 0.2) is 340 Å². The molecule has 13 aromatic rings. The second kappa shape index (κ2) is 40.1. The molecule has 0 aromatic heterocycles. The van der Waals surface area contributed by atoms with Crippen molar-refractivity contribution in [1.29, 1.82) is 0 Å². The van der Waals surface area contributed by atoms with Crippen LogP contribution in [0, 0.1) is 6.92 Å². The Hall–Kier alpha value is -17.5. The van der Waals surface area contributed by atoms with Gasteiger partial charge in [-0.05, 0) is 267 Å². The van der Waals surface area contributed by atoms with Crippen LogP contribution in [0.1, 0.15) is 111 Å². The number of benzene rings is 13. The molecular weight excluding hydrogens is 1590 g/mol. The molecule has 0 amide bonds. The van der Waals surface area contributed by atoms with Crippen LogP contribution in [-0.2, 0) is 39.6 Å². The molecule has 0 unspecified atom stereocenters. The van der Waals surface area contributed by atoms with Gasteiger partial charge in [0.05, 0.1) is 107 Å². The predicted octanol–water partition coefficient (Wildman–Crippen LogP) is 23.8. The number of rotatable bonds is 37. The van der Waals surface area contributed by atoms with E-state index in [9.17, 15) is 69.3 Å². The van der Waals surface area contributed by atoms with Crippen molar-refractivity contribution in [1.82, 2.24) is 0 Å². The predicted molar refractivity (Wildman–Crippen MR) is 448 cm³/mol. The van der Waals surface area contributed by atoms with Gasteiger partial charge in [0.15, 0.2) is 0 Å². The number of hydrogen-bond donors (Lipinski definition) is 7. The molecule has 0 atom stereocenters. The molecule has 0 heterocycles. The third-order valence-corrected chi connectivity index (χ3v) is 18.3. The molecule has 0 fully saturated rings. The summed E-state index contributed by atoms with van der Waals surface area (Å²) in [7, 11) is 0. The van der Waals surface area contributed by atoms with Crippen molar-refractivity contribution in [2.45, 2.75) is 46.6 Å². The fourth-order valence-electron chi connectivity index (χ4n) is 12.1. The SMILES string of the molecule is Cc1cc(N=Nc2ccc(OCc3c(COc4ccc(N=Nc5cccc(C(=O)O)c5)cc4)c(COc4ccc(N=Nc5cccc(C(=O)O)c5)cc4)c(COc4ccc(N=Nc5cccc(C(=O)O)c5)cc4)c(COc4ccc(N=Nc5cccc(C(=O)O)c5)cc4)c3COc3ccc(N=Nc4cc(C(=O)O)cc(C(=O)O)c4)cc3)cc2)cc(C(=O)O)c1. The van der Waals surface area contributed by atoms with Crippen LogP contribution in [0.4, 0.5) is 68.2 Å². The first-order valence-electron chi connectivity index (χ1n) is 37.4. The van der Waals surface area contributed by atoms with Crippen LogP contribution in [-0.4, -0.2) is 77.5 Å². The topological polar surface area (TPSA) is 465 Å². The number of ether oxygens (including phenoxy) is 6. The zero-order chi connectivity index (χ0) is 87.0. The highest BCUT2D eigenvalue weighted by Crippen LogP contribution is 2.39. The Morgan fingerprint density at radius 1 is 0.194 bits per heavy atom. The molecule has 0 saturated heterocycles. The molecule has 0 spiro atoms. The molecule has 0 bridgehead atoms. The molecule has 0 radical (unpaired) electrons. The van der Waals surface area contributed by atoms with Crippen molar-refractivity contribution in [2.75, 3.05) is 0 Å². The molecule has 0 aliphatic rings. The van der Waals surface area contributed by atoms with Crippen molar-refractivity contribution in [3.05, 3.63) is 357 Å². The zero-order valence-electron chi connectivity index (χ0n) is 65.1. The van der Waals surface area contributed by atoms with Crippen molar-refractivity contribution in [3.63, 3.8) is 0 Å². The summed E-state index contributed by atoms with van der Waals surface area (Å²) in [4.78, 5) is 83.3. The number of hydrogen-bond acceptors (Lipinski definition) is 25. The quantitative estimate of drug-likeness (QED) is 0.0178. The lowest BCUT2D eigenvalue weighted by Crippen LogP contribution is -2.21. The summed E-state index contributed by atoms with van der Waals surface area (Å²) in [6.07, 6.45) is 0. The summed E-state index contributed by atoms with van der Waals surface area (Å²) in [5, 5.41) is 120. The Labute approximate surface area is 703 Å². The van der Waals surface area contributed by atoms with Crippen LogP contribution in [0.5, 0.6) is 34.5 Å². The van der Waals surface area contributed by atoms with Gasteiger partial charge < -0.3 is 64.2 Å². The Morgan fingerprint density at radius 2 is 0.363 bits per heavy atom. The standard InChI is InChI=1S/C92H68N12O20/c1-54-38-59(90(113)114)45-72(39-54)103-97-66-22-34-78(35-23-66)123-52-84-82(50-121-76-30-18-64(19-31-76)95-101-70-12-4-8-57(43-70)88(109)110)80(48-119-74-26-14-62(15-27-74)93-99-68-10-2-6-55(41-68)86(105)106)81(49-120-75-28-16-63(17-29-75)94-100-69-11-3-7-56(42-69)87(107)108)83(51-122-77-32-20-65(21-33-77)96-102-71-13-5-9-58(44-71)89(111)112)85(84)53-124-79-36-24-67(25-37-79)98-104-73-46-60(91(115)116)40-61(47-73)92(117)118/h2-47H,48-53H2,1H3,(H,105,106)(H,107,108)(H,109,110)(H,111,112)(H,113,114)(H,115,116)(H,117,118). The average Bonchev–Trinajstić information content (AvgIpc) is 0.755. The van der Waals surface area contributed by atoms with E-state index in [1.807, 2.05) is 0 Å². The number of azo groups is 6. The lowest BCUT2D eigenvalue weighted by molar-refractivity contribution is 0.0679. The Kier molecular flexibility index (Phi) is 27.3. The van der Waals surface area contributed by atoms with E-state index in [2.05, 4.69) is 61.4 Å². The van der Waals surface area contributed by atoms with Crippen LogP contribution in [0.25, 0.3) is 0 Å². The molecule has 616 valence electrons. The summed E-state index contributed by atoms with van der Waals surface area (Å²) < 4.78 is 41.2. The maximum absolute atomic E-state index is 12.0. The van der Waals surface area contributed by atoms with Gasteiger partial charge in [-0.2, -0.15) is 61.4 Å². The molecule has 0 saturated carbocycles. The zero-order valence-corrected chi connectivity index (χ0v) is 65.1. The van der Waals surface area contributed by atoms with Crippen molar-refractivity contribution in [2.24, 2.45) is 61.4 Å². The Balaban J connectivity index is 0.956. The van der Waals surface area contributed by atoms with Gasteiger partial charge in [-0.15, -0.1) is 0 Å². The highest BCUT2D eigenvalue weighted by molar-refractivity contribution is 5.95. The maximum Gasteiger partial charge on any atom is 0.335 e. The van der Waals surface area contributed by atoms with E-state index in [0.29, 0.717) is 119 Å². The number of nitrogens with zero attached hydrogens (tertiary/aromatic N) is 12. The fraction of sp³-hybridized carbons (Fsp3) is 0.0761. The summed E-state index contributed by atoms with van der Waals surface area (Å²) in [5.74, 6) is -6.50. The smallest absolute Gasteiger partial charge is 0.335 e. The minimum Gasteiger partial charge on any atom is -0.489 e. The van der Waals surface area contributed by atoms with E-state index in [1.165, 1.54) is 72.8 Å². The first-order valence-corrected chi connectivity index (χ1v) is 37.4. The number of aryl methyl sites for hydroxylation is 1. The second-order valence-corrected chi connectivity index (χ2v) is 26.9. The van der Waals surface area contributed by atoms with E-state index in [-0.39, 0.29) is 101 Å². The van der Waals surface area contributed by atoms with Gasteiger partial charge in [0, 0.05) is 33.4 Å². The number of carbonyl (C=O) groups is 7. The molecule has 32 nitrogen and oxygen atoms in total. The number of carboxylic acid groups (broad SMARTS) is 7. The lowest BCUT2D eigenvalue weighted by atomic mass is 9.87. The Morgan fingerprint density at radius 3 is 0.565 bits per heavy atom. The number of carboxylic acids is 7. The molecule has 124 heavy (non-hydrogen) atoms.